The first kappa shape index (κ1) is 32.7. The lowest BCUT2D eigenvalue weighted by atomic mass is 9.90. The third-order valence-electron chi connectivity index (χ3n) is 5.31. The van der Waals surface area contributed by atoms with Crippen LogP contribution in [0, 0.1) is 0 Å². The molecule has 2 rings (SSSR count). The average Bonchev–Trinajstić information content (AvgIpc) is 2.85. The Morgan fingerprint density at radius 1 is 0.615 bits per heavy atom. The van der Waals surface area contributed by atoms with Crippen LogP contribution in [0.15, 0.2) is 60.7 Å². The first-order valence-corrected chi connectivity index (χ1v) is 10.9. The highest BCUT2D eigenvalue weighted by Crippen LogP contribution is 2.61. The highest BCUT2D eigenvalue weighted by atomic mass is 35.5. The van der Waals surface area contributed by atoms with Gasteiger partial charge in [-0.1, -0.05) is 60.7 Å². The normalized spacial score (nSPS) is 15.6. The lowest BCUT2D eigenvalue weighted by molar-refractivity contribution is -0.427. The van der Waals surface area contributed by atoms with Crippen molar-refractivity contribution in [3.05, 3.63) is 71.8 Å². The molecule has 0 aliphatic rings. The van der Waals surface area contributed by atoms with Crippen molar-refractivity contribution in [3.63, 3.8) is 0 Å². The molecular formula is C23H17ClF12O3. The molecule has 0 radical (unpaired) electrons. The van der Waals surface area contributed by atoms with Gasteiger partial charge in [-0.2, -0.15) is 52.7 Å². The maximum Gasteiger partial charge on any atom is 0.393 e. The van der Waals surface area contributed by atoms with Crippen molar-refractivity contribution in [1.29, 1.82) is 0 Å². The molecule has 0 spiro atoms. The second-order valence-corrected chi connectivity index (χ2v) is 8.51. The van der Waals surface area contributed by atoms with Gasteiger partial charge in [0.1, 0.15) is 6.10 Å². The summed E-state index contributed by atoms with van der Waals surface area (Å²) in [7, 11) is 0. The fourth-order valence-electron chi connectivity index (χ4n) is 3.09. The van der Waals surface area contributed by atoms with Gasteiger partial charge in [0.25, 0.3) is 0 Å². The molecule has 0 aliphatic heterocycles. The topological polar surface area (TPSA) is 35.5 Å². The van der Waals surface area contributed by atoms with Gasteiger partial charge in [-0.3, -0.25) is 0 Å². The maximum atomic E-state index is 15.0. The lowest BCUT2D eigenvalue weighted by Crippen LogP contribution is -2.72. The molecule has 2 atom stereocenters. The molecule has 39 heavy (non-hydrogen) atoms. The van der Waals surface area contributed by atoms with Gasteiger partial charge in [0, 0.05) is 0 Å². The number of carbonyl (C=O) groups excluding carboxylic acids is 1. The molecule has 16 heteroatoms. The number of rotatable bonds is 14. The summed E-state index contributed by atoms with van der Waals surface area (Å²) < 4.78 is 177. The molecule has 0 heterocycles. The fraction of sp³-hybridized carbons (Fsp3) is 0.435. The Kier molecular flexibility index (Phi) is 9.67. The Morgan fingerprint density at radius 3 is 1.38 bits per heavy atom. The molecule has 0 saturated carbocycles. The van der Waals surface area contributed by atoms with E-state index in [0.29, 0.717) is 0 Å². The van der Waals surface area contributed by atoms with Crippen LogP contribution in [0.5, 0.6) is 0 Å². The van der Waals surface area contributed by atoms with E-state index in [-0.39, 0.29) is 11.1 Å². The zero-order valence-corrected chi connectivity index (χ0v) is 19.8. The van der Waals surface area contributed by atoms with Crippen molar-refractivity contribution in [2.24, 2.45) is 0 Å². The van der Waals surface area contributed by atoms with E-state index in [4.69, 9.17) is 4.74 Å². The predicted octanol–water partition coefficient (Wildman–Crippen LogP) is 7.36. The number of benzene rings is 2. The van der Waals surface area contributed by atoms with E-state index < -0.39 is 66.7 Å². The molecule has 0 amide bonds. The Bertz CT molecular complexity index is 1080. The Balaban J connectivity index is 2.55. The van der Waals surface area contributed by atoms with E-state index in [9.17, 15) is 48.7 Å². The van der Waals surface area contributed by atoms with Crippen LogP contribution in [0.4, 0.5) is 52.7 Å². The number of aldehydes is 1. The first-order valence-electron chi connectivity index (χ1n) is 10.5. The summed E-state index contributed by atoms with van der Waals surface area (Å²) >= 11 is 3.71. The van der Waals surface area contributed by atoms with Crippen molar-refractivity contribution in [1.82, 2.24) is 0 Å². The molecule has 0 fully saturated rings. The van der Waals surface area contributed by atoms with E-state index in [1.165, 1.54) is 60.7 Å². The molecule has 0 aromatic heterocycles. The van der Waals surface area contributed by atoms with Gasteiger partial charge in [-0.25, -0.2) is 0 Å². The number of hydrogen-bond donors (Lipinski definition) is 0. The van der Waals surface area contributed by atoms with E-state index >= 15 is 8.78 Å². The monoisotopic (exact) mass is 604 g/mol. The minimum absolute atomic E-state index is 0.0697. The Labute approximate surface area is 217 Å². The van der Waals surface area contributed by atoms with E-state index in [0.717, 1.165) is 0 Å². The Morgan fingerprint density at radius 2 is 1.00 bits per heavy atom. The van der Waals surface area contributed by atoms with Crippen molar-refractivity contribution in [2.75, 3.05) is 0 Å². The van der Waals surface area contributed by atoms with Gasteiger partial charge in [0.15, 0.2) is 12.4 Å². The maximum absolute atomic E-state index is 15.0. The van der Waals surface area contributed by atoms with Crippen LogP contribution in [0.2, 0.25) is 0 Å². The molecule has 2 aromatic rings. The molecule has 218 valence electrons. The summed E-state index contributed by atoms with van der Waals surface area (Å²) in [5.74, 6) is -37.3. The van der Waals surface area contributed by atoms with Gasteiger partial charge in [0.05, 0.1) is 13.2 Å². The number of alkyl halides is 13. The van der Waals surface area contributed by atoms with Crippen LogP contribution in [0.25, 0.3) is 0 Å². The highest BCUT2D eigenvalue weighted by molar-refractivity contribution is 6.22. The van der Waals surface area contributed by atoms with E-state index in [2.05, 4.69) is 16.3 Å². The zero-order chi connectivity index (χ0) is 29.9. The lowest BCUT2D eigenvalue weighted by Gasteiger charge is -2.42. The quantitative estimate of drug-likeness (QED) is 0.128. The fourth-order valence-corrected chi connectivity index (χ4v) is 3.21. The average molecular weight is 605 g/mol. The van der Waals surface area contributed by atoms with Gasteiger partial charge >= 0.3 is 35.0 Å². The number of halogens is 13. The molecule has 0 N–H and O–H groups in total. The predicted molar refractivity (Wildman–Crippen MR) is 112 cm³/mol. The summed E-state index contributed by atoms with van der Waals surface area (Å²) in [6.07, 6.45) is -7.30. The zero-order valence-electron chi connectivity index (χ0n) is 19.1. The Hall–Kier alpha value is -2.52. The number of carbonyl (C=O) groups is 1. The van der Waals surface area contributed by atoms with Crippen LogP contribution >= 0.6 is 11.6 Å². The summed E-state index contributed by atoms with van der Waals surface area (Å²) in [6.45, 7) is -1.91. The number of hydrogen-bond acceptors (Lipinski definition) is 3. The van der Waals surface area contributed by atoms with Crippen LogP contribution in [-0.4, -0.2) is 53.5 Å². The third-order valence-corrected chi connectivity index (χ3v) is 5.54. The standard InChI is InChI=1S/C23H17ClF12O3/c24-23(35,36)22(33,34)21(31,32)20(29,30)19(27,28)18(25,26)17(39-13-15-9-5-2-6-10-15)16(11-37)38-12-14-7-3-1-4-8-14/h1-11,16-17H,12-13H2/t16-,17+/m0/s1. The number of ether oxygens (including phenoxy) is 2. The summed E-state index contributed by atoms with van der Waals surface area (Å²) in [6, 6.07) is 13.2. The molecule has 3 nitrogen and oxygen atoms in total. The van der Waals surface area contributed by atoms with E-state index in [1.54, 1.807) is 0 Å². The highest BCUT2D eigenvalue weighted by Gasteiger charge is 2.91. The van der Waals surface area contributed by atoms with Crippen LogP contribution < -0.4 is 0 Å². The molecule has 0 unspecified atom stereocenters. The largest absolute Gasteiger partial charge is 0.393 e. The smallest absolute Gasteiger partial charge is 0.364 e. The minimum atomic E-state index is -7.88. The summed E-state index contributed by atoms with van der Waals surface area (Å²) in [5, 5.41) is -6.57. The molecule has 0 bridgehead atoms. The van der Waals surface area contributed by atoms with Crippen LogP contribution in [0.1, 0.15) is 11.1 Å². The van der Waals surface area contributed by atoms with Crippen molar-refractivity contribution >= 4 is 17.9 Å². The third kappa shape index (κ3) is 6.14. The molecule has 2 aromatic carbocycles. The second-order valence-electron chi connectivity index (χ2n) is 8.03. The summed E-state index contributed by atoms with van der Waals surface area (Å²) in [4.78, 5) is 11.5. The van der Waals surface area contributed by atoms with Crippen molar-refractivity contribution in [3.8, 4) is 0 Å². The summed E-state index contributed by atoms with van der Waals surface area (Å²) in [5.41, 5.74) is 0.0711. The van der Waals surface area contributed by atoms with Gasteiger partial charge < -0.3 is 14.3 Å². The van der Waals surface area contributed by atoms with Gasteiger partial charge in [0.2, 0.25) is 0 Å². The van der Waals surface area contributed by atoms with Crippen molar-refractivity contribution < 1.29 is 67.0 Å². The molecule has 0 saturated heterocycles. The van der Waals surface area contributed by atoms with Crippen LogP contribution in [0.3, 0.4) is 0 Å². The minimum Gasteiger partial charge on any atom is -0.364 e. The molecule has 0 aliphatic carbocycles. The SMILES string of the molecule is O=C[C@H](OCc1ccccc1)[C@@H](OCc1ccccc1)C(F)(F)C(F)(F)C(F)(F)C(F)(F)C(F)(F)C(F)(F)Cl. The first-order chi connectivity index (χ1) is 17.8. The van der Waals surface area contributed by atoms with Gasteiger partial charge in [-0.05, 0) is 22.7 Å². The molecular weight excluding hydrogens is 588 g/mol. The van der Waals surface area contributed by atoms with E-state index in [1.807, 2.05) is 0 Å². The second kappa shape index (κ2) is 11.5. The van der Waals surface area contributed by atoms with Crippen molar-refractivity contribution in [2.45, 2.75) is 60.4 Å². The van der Waals surface area contributed by atoms with Gasteiger partial charge in [-0.15, -0.1) is 0 Å². The van der Waals surface area contributed by atoms with Crippen LogP contribution in [-0.2, 0) is 27.5 Å².